The van der Waals surface area contributed by atoms with E-state index in [1.807, 2.05) is 36.4 Å². The molecule has 0 saturated carbocycles. The summed E-state index contributed by atoms with van der Waals surface area (Å²) < 4.78 is 11.2. The van der Waals surface area contributed by atoms with Gasteiger partial charge in [-0.2, -0.15) is 0 Å². The number of benzene rings is 3. The van der Waals surface area contributed by atoms with Gasteiger partial charge >= 0.3 is 8.46 Å². The maximum Gasteiger partial charge on any atom is 0.363 e. The third kappa shape index (κ3) is 1.33. The van der Waals surface area contributed by atoms with Gasteiger partial charge in [0.25, 0.3) is 0 Å². The average molecular weight is 225 g/mol. The van der Waals surface area contributed by atoms with Crippen LogP contribution in [0.4, 0.5) is 0 Å². The molecule has 1 atom stereocenters. The van der Waals surface area contributed by atoms with Crippen LogP contribution in [0.15, 0.2) is 54.6 Å². The highest BCUT2D eigenvalue weighted by Crippen LogP contribution is 2.25. The molecule has 76 valence electrons. The normalized spacial score (nSPS) is 11.2. The second-order valence-corrected chi connectivity index (χ2v) is 4.54. The van der Waals surface area contributed by atoms with Crippen LogP contribution < -0.4 is 5.30 Å². The predicted octanol–water partition coefficient (Wildman–Crippen LogP) is 3.64. The maximum absolute atomic E-state index is 11.2. The summed E-state index contributed by atoms with van der Waals surface area (Å²) >= 11 is 0. The molecule has 0 saturated heterocycles. The molecule has 3 aromatic carbocycles. The molecule has 3 aromatic rings. The van der Waals surface area contributed by atoms with Gasteiger partial charge in [-0.3, -0.25) is 0 Å². The number of rotatable bonds is 1. The molecule has 0 heterocycles. The van der Waals surface area contributed by atoms with Gasteiger partial charge in [0.1, 0.15) is 0 Å². The Labute approximate surface area is 94.9 Å². The molecule has 0 aliphatic rings. The van der Waals surface area contributed by atoms with Gasteiger partial charge in [-0.25, -0.2) is 0 Å². The first-order valence-corrected chi connectivity index (χ1v) is 6.09. The van der Waals surface area contributed by atoms with Crippen LogP contribution >= 0.6 is 8.46 Å². The quantitative estimate of drug-likeness (QED) is 0.456. The Morgan fingerprint density at radius 1 is 0.750 bits per heavy atom. The Bertz CT molecular complexity index is 688. The van der Waals surface area contributed by atoms with Crippen LogP contribution in [0.3, 0.4) is 0 Å². The Morgan fingerprint density at radius 3 is 2.12 bits per heavy atom. The summed E-state index contributed by atoms with van der Waals surface area (Å²) in [7, 11) is -0.403. The second kappa shape index (κ2) is 3.70. The number of hydrogen-bond acceptors (Lipinski definition) is 1. The first-order chi connectivity index (χ1) is 7.90. The molecular formula is C14H10OP+. The van der Waals surface area contributed by atoms with Gasteiger partial charge in [0.2, 0.25) is 0 Å². The Morgan fingerprint density at radius 2 is 1.38 bits per heavy atom. The van der Waals surface area contributed by atoms with Crippen molar-refractivity contribution in [3.8, 4) is 0 Å². The van der Waals surface area contributed by atoms with Gasteiger partial charge in [-0.15, -0.1) is 0 Å². The van der Waals surface area contributed by atoms with Crippen molar-refractivity contribution in [3.63, 3.8) is 0 Å². The minimum atomic E-state index is -0.403. The SMILES string of the molecule is O=[PH+]c1cc2ccccc2c2ccccc12. The van der Waals surface area contributed by atoms with Gasteiger partial charge in [-0.1, -0.05) is 47.0 Å². The van der Waals surface area contributed by atoms with Crippen molar-refractivity contribution in [2.45, 2.75) is 0 Å². The van der Waals surface area contributed by atoms with E-state index >= 15 is 0 Å². The summed E-state index contributed by atoms with van der Waals surface area (Å²) in [6, 6.07) is 18.4. The van der Waals surface area contributed by atoms with E-state index in [9.17, 15) is 4.57 Å². The number of fused-ring (bicyclic) bond motifs is 3. The largest absolute Gasteiger partial charge is 0.363 e. The monoisotopic (exact) mass is 225 g/mol. The smallest absolute Gasteiger partial charge is 0.0707 e. The fourth-order valence-corrected chi connectivity index (χ4v) is 2.68. The number of hydrogen-bond donors (Lipinski definition) is 0. The Kier molecular flexibility index (Phi) is 2.19. The molecule has 0 N–H and O–H groups in total. The van der Waals surface area contributed by atoms with Crippen LogP contribution in [-0.4, -0.2) is 0 Å². The summed E-state index contributed by atoms with van der Waals surface area (Å²) in [5, 5.41) is 5.56. The van der Waals surface area contributed by atoms with E-state index in [1.54, 1.807) is 0 Å². The Hall–Kier alpha value is -1.72. The highest BCUT2D eigenvalue weighted by molar-refractivity contribution is 7.35. The zero-order valence-corrected chi connectivity index (χ0v) is 9.60. The van der Waals surface area contributed by atoms with Crippen molar-refractivity contribution in [2.75, 3.05) is 0 Å². The molecule has 0 aliphatic carbocycles. The highest BCUT2D eigenvalue weighted by Gasteiger charge is 2.10. The molecular weight excluding hydrogens is 215 g/mol. The molecule has 0 aliphatic heterocycles. The third-order valence-corrected chi connectivity index (χ3v) is 3.51. The molecule has 0 spiro atoms. The van der Waals surface area contributed by atoms with Crippen LogP contribution in [-0.2, 0) is 4.57 Å². The summed E-state index contributed by atoms with van der Waals surface area (Å²) in [4.78, 5) is 0. The highest BCUT2D eigenvalue weighted by atomic mass is 31.1. The lowest BCUT2D eigenvalue weighted by Crippen LogP contribution is -1.94. The summed E-state index contributed by atoms with van der Waals surface area (Å²) in [5.74, 6) is 0. The van der Waals surface area contributed by atoms with Gasteiger partial charge in [-0.05, 0) is 28.3 Å². The lowest BCUT2D eigenvalue weighted by Gasteiger charge is -2.02. The predicted molar refractivity (Wildman–Crippen MR) is 70.1 cm³/mol. The van der Waals surface area contributed by atoms with Crippen molar-refractivity contribution in [3.05, 3.63) is 54.6 Å². The first-order valence-electron chi connectivity index (χ1n) is 5.19. The summed E-state index contributed by atoms with van der Waals surface area (Å²) in [6.45, 7) is 0. The van der Waals surface area contributed by atoms with E-state index in [0.717, 1.165) is 16.1 Å². The molecule has 0 bridgehead atoms. The fraction of sp³-hybridized carbons (Fsp3) is 0. The minimum Gasteiger partial charge on any atom is -0.0707 e. The molecule has 2 heteroatoms. The molecule has 1 nitrogen and oxygen atoms in total. The Balaban J connectivity index is 2.62. The van der Waals surface area contributed by atoms with Crippen LogP contribution in [0.2, 0.25) is 0 Å². The zero-order chi connectivity index (χ0) is 11.0. The molecule has 3 rings (SSSR count). The van der Waals surface area contributed by atoms with Gasteiger partial charge in [0.15, 0.2) is 5.30 Å². The average Bonchev–Trinajstić information content (AvgIpc) is 2.38. The topological polar surface area (TPSA) is 17.1 Å². The standard InChI is InChI=1S/C14H9OP/c15-16-14-9-10-5-1-2-6-11(10)12-7-3-4-8-13(12)14/h1-9H/p+1. The molecule has 0 radical (unpaired) electrons. The van der Waals surface area contributed by atoms with Crippen molar-refractivity contribution in [1.29, 1.82) is 0 Å². The van der Waals surface area contributed by atoms with E-state index < -0.39 is 8.46 Å². The molecule has 1 unspecified atom stereocenters. The van der Waals surface area contributed by atoms with Crippen molar-refractivity contribution in [2.24, 2.45) is 0 Å². The van der Waals surface area contributed by atoms with E-state index in [4.69, 9.17) is 0 Å². The van der Waals surface area contributed by atoms with Gasteiger partial charge in [0.05, 0.1) is 0 Å². The molecule has 0 fully saturated rings. The van der Waals surface area contributed by atoms with Gasteiger partial charge in [0, 0.05) is 5.39 Å². The zero-order valence-electron chi connectivity index (χ0n) is 8.60. The van der Waals surface area contributed by atoms with E-state index in [2.05, 4.69) is 18.2 Å². The van der Waals surface area contributed by atoms with Gasteiger partial charge < -0.3 is 0 Å². The summed E-state index contributed by atoms with van der Waals surface area (Å²) in [6.07, 6.45) is 0. The van der Waals surface area contributed by atoms with E-state index in [-0.39, 0.29) is 0 Å². The minimum absolute atomic E-state index is 0.403. The van der Waals surface area contributed by atoms with Crippen molar-refractivity contribution in [1.82, 2.24) is 0 Å². The van der Waals surface area contributed by atoms with Crippen molar-refractivity contribution >= 4 is 35.3 Å². The first kappa shape index (κ1) is 9.50. The molecule has 0 aromatic heterocycles. The second-order valence-electron chi connectivity index (χ2n) is 3.79. The van der Waals surface area contributed by atoms with E-state index in [0.29, 0.717) is 0 Å². The van der Waals surface area contributed by atoms with Crippen molar-refractivity contribution < 1.29 is 4.57 Å². The lowest BCUT2D eigenvalue weighted by molar-refractivity contribution is 0.603. The van der Waals surface area contributed by atoms with E-state index in [1.165, 1.54) is 10.8 Å². The molecule has 0 amide bonds. The maximum atomic E-state index is 11.2. The van der Waals surface area contributed by atoms with Crippen LogP contribution in [0, 0.1) is 0 Å². The van der Waals surface area contributed by atoms with Crippen LogP contribution in [0.5, 0.6) is 0 Å². The lowest BCUT2D eigenvalue weighted by atomic mass is 10.0. The molecule has 16 heavy (non-hydrogen) atoms. The third-order valence-electron chi connectivity index (χ3n) is 2.88. The summed E-state index contributed by atoms with van der Waals surface area (Å²) in [5.41, 5.74) is 0. The van der Waals surface area contributed by atoms with Crippen LogP contribution in [0.1, 0.15) is 0 Å². The fourth-order valence-electron chi connectivity index (χ4n) is 2.14. The van der Waals surface area contributed by atoms with Crippen LogP contribution in [0.25, 0.3) is 21.5 Å².